The Bertz CT molecular complexity index is 5.51. The van der Waals surface area contributed by atoms with Crippen molar-refractivity contribution in [2.24, 2.45) is 0 Å². The summed E-state index contributed by atoms with van der Waals surface area (Å²) < 4.78 is 0. The van der Waals surface area contributed by atoms with Crippen LogP contribution in [0.15, 0.2) is 0 Å². The Morgan fingerprint density at radius 2 is 0.833 bits per heavy atom. The predicted molar refractivity (Wildman–Crippen MR) is 22.1 cm³/mol. The van der Waals surface area contributed by atoms with Crippen LogP contribution >= 0.6 is 0 Å². The summed E-state index contributed by atoms with van der Waals surface area (Å²) in [5.41, 5.74) is 0. The Balaban J connectivity index is -0.00000000500. The van der Waals surface area contributed by atoms with Crippen LogP contribution in [0.4, 0.5) is 0 Å². The minimum absolute atomic E-state index is 0. The number of hydrogen-bond acceptors (Lipinski definition) is 0. The number of rotatable bonds is 0. The first-order valence-electron chi connectivity index (χ1n) is 1.41. The quantitative estimate of drug-likeness (QED) is 0.518. The van der Waals surface area contributed by atoms with Crippen molar-refractivity contribution in [1.82, 2.24) is 0 Å². The van der Waals surface area contributed by atoms with E-state index in [1.807, 2.05) is 0 Å². The second-order valence-electron chi connectivity index (χ2n) is 0. The summed E-state index contributed by atoms with van der Waals surface area (Å²) in [6, 6.07) is 0. The average molecular weight is 426 g/mol. The summed E-state index contributed by atoms with van der Waals surface area (Å²) in [6.07, 6.45) is 0. The molecule has 0 heterocycles. The van der Waals surface area contributed by atoms with Crippen molar-refractivity contribution in [2.45, 2.75) is 13.8 Å². The van der Waals surface area contributed by atoms with Gasteiger partial charge in [0.1, 0.15) is 0 Å². The second-order valence-corrected chi connectivity index (χ2v) is 0. The molecule has 0 amide bonds. The van der Waals surface area contributed by atoms with E-state index in [0.717, 1.165) is 0 Å². The third kappa shape index (κ3) is 54.3. The molecular weight excluding hydrogens is 416 g/mol. The Morgan fingerprint density at radius 3 is 0.833 bits per heavy atom. The van der Waals surface area contributed by atoms with Gasteiger partial charge in [-0.2, -0.15) is 13.8 Å². The molecule has 0 aromatic heterocycles. The van der Waals surface area contributed by atoms with E-state index in [-0.39, 0.29) is 42.1 Å². The van der Waals surface area contributed by atoms with E-state index in [2.05, 4.69) is 13.8 Å². The van der Waals surface area contributed by atoms with Crippen molar-refractivity contribution < 1.29 is 42.1 Å². The topological polar surface area (TPSA) is 0 Å². The maximum absolute atomic E-state index is 3.25. The minimum atomic E-state index is 0. The smallest absolute Gasteiger partial charge is 0.346 e. The molecule has 0 spiro atoms. The molecule has 0 bridgehead atoms. The van der Waals surface area contributed by atoms with Gasteiger partial charge in [0.05, 0.1) is 0 Å². The van der Waals surface area contributed by atoms with Gasteiger partial charge in [-0.15, -0.1) is 0 Å². The van der Waals surface area contributed by atoms with Gasteiger partial charge in [-0.3, -0.25) is 0 Å². The van der Waals surface area contributed by atoms with Gasteiger partial charge in [-0.25, -0.2) is 0 Å². The molecule has 0 aromatic rings. The molecule has 0 aliphatic carbocycles. The Hall–Kier alpha value is 1.38. The van der Waals surface area contributed by atoms with E-state index >= 15 is 0 Å². The second kappa shape index (κ2) is 97.3. The van der Waals surface area contributed by atoms with Crippen molar-refractivity contribution in [2.75, 3.05) is 0 Å². The summed E-state index contributed by atoms with van der Waals surface area (Å²) >= 11 is 0. The molecule has 0 rings (SSSR count). The van der Waals surface area contributed by atoms with E-state index in [1.165, 1.54) is 0 Å². The van der Waals surface area contributed by atoms with Gasteiger partial charge in [0.25, 0.3) is 0 Å². The summed E-state index contributed by atoms with van der Waals surface area (Å²) in [7, 11) is 0. The van der Waals surface area contributed by atoms with Gasteiger partial charge in [-0.1, -0.05) is 0 Å². The van der Waals surface area contributed by atoms with Crippen molar-refractivity contribution >= 4 is 0 Å². The Kier molecular flexibility index (Phi) is 426. The fraction of sp³-hybridized carbons (Fsp3) is 0.500. The standard InChI is InChI=1S/2C2H5.2W/c2*1-2;;/h2*1H2,2H3;;/q2*-1;;+2. The van der Waals surface area contributed by atoms with E-state index < -0.39 is 0 Å². The maximum atomic E-state index is 3.25. The van der Waals surface area contributed by atoms with Crippen molar-refractivity contribution in [3.05, 3.63) is 13.8 Å². The molecule has 0 atom stereocenters. The first kappa shape index (κ1) is 26.3. The Labute approximate surface area is 69.6 Å². The summed E-state index contributed by atoms with van der Waals surface area (Å²) in [4.78, 5) is 0. The van der Waals surface area contributed by atoms with Crippen LogP contribution in [0, 0.1) is 13.8 Å². The van der Waals surface area contributed by atoms with Crippen LogP contribution in [-0.4, -0.2) is 0 Å². The van der Waals surface area contributed by atoms with Crippen LogP contribution in [0.25, 0.3) is 0 Å². The first-order chi connectivity index (χ1) is 2.00. The molecule has 2 heteroatoms. The van der Waals surface area contributed by atoms with Gasteiger partial charge < -0.3 is 13.8 Å². The van der Waals surface area contributed by atoms with Crippen LogP contribution in [-0.2, 0) is 42.1 Å². The predicted octanol–water partition coefficient (Wildman–Crippen LogP) is 1.68. The summed E-state index contributed by atoms with van der Waals surface area (Å²) in [6.45, 7) is 10.0. The third-order valence-electron chi connectivity index (χ3n) is 0. The molecular formula is C4H10W2. The number of hydrogen-bond donors (Lipinski definition) is 0. The minimum Gasteiger partial charge on any atom is -0.346 e. The molecule has 38 valence electrons. The van der Waals surface area contributed by atoms with E-state index in [9.17, 15) is 0 Å². The molecule has 0 aromatic carbocycles. The fourth-order valence-electron chi connectivity index (χ4n) is 0. The fourth-order valence-corrected chi connectivity index (χ4v) is 0. The summed E-state index contributed by atoms with van der Waals surface area (Å²) in [5, 5.41) is 0. The molecule has 6 heavy (non-hydrogen) atoms. The van der Waals surface area contributed by atoms with Crippen LogP contribution in [0.2, 0.25) is 0 Å². The molecule has 0 nitrogen and oxygen atoms in total. The molecule has 0 aliphatic rings. The molecule has 0 saturated heterocycles. The van der Waals surface area contributed by atoms with Gasteiger partial charge in [-0.05, 0) is 0 Å². The molecule has 0 unspecified atom stereocenters. The summed E-state index contributed by atoms with van der Waals surface area (Å²) in [5.74, 6) is 0. The van der Waals surface area contributed by atoms with Gasteiger partial charge in [0.2, 0.25) is 0 Å². The van der Waals surface area contributed by atoms with Crippen LogP contribution in [0.1, 0.15) is 13.8 Å². The molecule has 0 aliphatic heterocycles. The van der Waals surface area contributed by atoms with E-state index in [1.54, 1.807) is 13.8 Å². The van der Waals surface area contributed by atoms with Gasteiger partial charge >= 0.3 is 21.1 Å². The maximum Gasteiger partial charge on any atom is 2.00 e. The zero-order valence-corrected chi connectivity index (χ0v) is 10.1. The monoisotopic (exact) mass is 426 g/mol. The van der Waals surface area contributed by atoms with Crippen molar-refractivity contribution in [3.63, 3.8) is 0 Å². The van der Waals surface area contributed by atoms with Crippen molar-refractivity contribution in [3.8, 4) is 0 Å². The first-order valence-corrected chi connectivity index (χ1v) is 1.41. The van der Waals surface area contributed by atoms with E-state index in [0.29, 0.717) is 0 Å². The molecule has 0 radical (unpaired) electrons. The van der Waals surface area contributed by atoms with E-state index in [4.69, 9.17) is 0 Å². The normalized spacial score (nSPS) is 2.00. The van der Waals surface area contributed by atoms with Gasteiger partial charge in [0, 0.05) is 21.1 Å². The molecule has 0 saturated carbocycles. The van der Waals surface area contributed by atoms with Crippen LogP contribution < -0.4 is 0 Å². The molecule has 0 N–H and O–H groups in total. The van der Waals surface area contributed by atoms with Crippen LogP contribution in [0.3, 0.4) is 0 Å². The van der Waals surface area contributed by atoms with Gasteiger partial charge in [0.15, 0.2) is 0 Å². The molecule has 0 fully saturated rings. The SMILES string of the molecule is [CH2-]C.[CH2-]C.[W+2].[W]. The van der Waals surface area contributed by atoms with Crippen LogP contribution in [0.5, 0.6) is 0 Å². The van der Waals surface area contributed by atoms with Crippen molar-refractivity contribution in [1.29, 1.82) is 0 Å². The zero-order valence-electron chi connectivity index (χ0n) is 4.23. The largest absolute Gasteiger partial charge is 2.00 e. The average Bonchev–Trinajstić information content (AvgIpc) is 1.50. The zero-order chi connectivity index (χ0) is 4.00. The third-order valence-corrected chi connectivity index (χ3v) is 0. The Morgan fingerprint density at radius 1 is 0.833 bits per heavy atom.